The van der Waals surface area contributed by atoms with Crippen molar-refractivity contribution in [3.8, 4) is 5.75 Å². The number of anilines is 1. The SMILES string of the molecule is COc1c(C=O)ccc(C)c1NC(=O)OC(C)(C)C. The summed E-state index contributed by atoms with van der Waals surface area (Å²) in [4.78, 5) is 22.7. The Morgan fingerprint density at radius 1 is 1.32 bits per heavy atom. The predicted molar refractivity (Wildman–Crippen MR) is 73.0 cm³/mol. The van der Waals surface area contributed by atoms with Gasteiger partial charge in [-0.1, -0.05) is 6.07 Å². The van der Waals surface area contributed by atoms with Gasteiger partial charge in [0.15, 0.2) is 12.0 Å². The quantitative estimate of drug-likeness (QED) is 0.852. The monoisotopic (exact) mass is 265 g/mol. The number of benzene rings is 1. The van der Waals surface area contributed by atoms with Crippen molar-refractivity contribution >= 4 is 18.1 Å². The van der Waals surface area contributed by atoms with Crippen molar-refractivity contribution in [1.82, 2.24) is 0 Å². The zero-order valence-corrected chi connectivity index (χ0v) is 11.9. The molecule has 1 aromatic rings. The molecule has 104 valence electrons. The van der Waals surface area contributed by atoms with Gasteiger partial charge in [0.2, 0.25) is 0 Å². The third-order valence-corrected chi connectivity index (χ3v) is 2.35. The molecule has 0 atom stereocenters. The van der Waals surface area contributed by atoms with Crippen LogP contribution in [0.3, 0.4) is 0 Å². The summed E-state index contributed by atoms with van der Waals surface area (Å²) in [6, 6.07) is 3.38. The van der Waals surface area contributed by atoms with Crippen LogP contribution in [0, 0.1) is 6.92 Å². The predicted octanol–water partition coefficient (Wildman–Crippen LogP) is 3.16. The minimum atomic E-state index is -0.590. The maximum Gasteiger partial charge on any atom is 0.412 e. The van der Waals surface area contributed by atoms with Crippen LogP contribution in [0.25, 0.3) is 0 Å². The van der Waals surface area contributed by atoms with Gasteiger partial charge in [0, 0.05) is 0 Å². The first-order valence-electron chi connectivity index (χ1n) is 5.91. The second-order valence-corrected chi connectivity index (χ2v) is 5.12. The lowest BCUT2D eigenvalue weighted by molar-refractivity contribution is 0.0635. The van der Waals surface area contributed by atoms with Crippen LogP contribution in [-0.2, 0) is 4.74 Å². The number of amides is 1. The van der Waals surface area contributed by atoms with Crippen LogP contribution in [0.5, 0.6) is 5.75 Å². The number of hydrogen-bond donors (Lipinski definition) is 1. The van der Waals surface area contributed by atoms with E-state index in [0.29, 0.717) is 23.3 Å². The molecule has 5 heteroatoms. The Morgan fingerprint density at radius 2 is 1.95 bits per heavy atom. The zero-order chi connectivity index (χ0) is 14.6. The van der Waals surface area contributed by atoms with Gasteiger partial charge >= 0.3 is 6.09 Å². The summed E-state index contributed by atoms with van der Waals surface area (Å²) in [5.41, 5.74) is 1.02. The van der Waals surface area contributed by atoms with Crippen molar-refractivity contribution in [2.24, 2.45) is 0 Å². The number of carbonyl (C=O) groups is 2. The average Bonchev–Trinajstić information content (AvgIpc) is 2.29. The molecular weight excluding hydrogens is 246 g/mol. The fourth-order valence-corrected chi connectivity index (χ4v) is 1.57. The first-order valence-corrected chi connectivity index (χ1v) is 5.91. The molecule has 1 aromatic carbocycles. The number of aldehydes is 1. The van der Waals surface area contributed by atoms with Gasteiger partial charge < -0.3 is 9.47 Å². The van der Waals surface area contributed by atoms with E-state index in [1.807, 2.05) is 6.92 Å². The Morgan fingerprint density at radius 3 is 2.42 bits per heavy atom. The Labute approximate surface area is 112 Å². The normalized spacial score (nSPS) is 10.8. The van der Waals surface area contributed by atoms with Crippen molar-refractivity contribution in [2.45, 2.75) is 33.3 Å². The summed E-state index contributed by atoms with van der Waals surface area (Å²) < 4.78 is 10.4. The Balaban J connectivity index is 3.06. The third-order valence-electron chi connectivity index (χ3n) is 2.35. The highest BCUT2D eigenvalue weighted by Gasteiger charge is 2.19. The molecule has 0 bridgehead atoms. The molecule has 19 heavy (non-hydrogen) atoms. The van der Waals surface area contributed by atoms with Crippen molar-refractivity contribution in [3.05, 3.63) is 23.3 Å². The van der Waals surface area contributed by atoms with E-state index in [1.165, 1.54) is 7.11 Å². The molecule has 0 aliphatic carbocycles. The van der Waals surface area contributed by atoms with Crippen molar-refractivity contribution < 1.29 is 19.1 Å². The molecule has 1 N–H and O–H groups in total. The molecule has 1 rings (SSSR count). The Kier molecular flexibility index (Phi) is 4.53. The molecule has 0 saturated heterocycles. The maximum atomic E-state index is 11.8. The molecule has 0 fully saturated rings. The molecule has 0 unspecified atom stereocenters. The molecule has 0 spiro atoms. The summed E-state index contributed by atoms with van der Waals surface area (Å²) in [5, 5.41) is 2.62. The largest absolute Gasteiger partial charge is 0.494 e. The number of methoxy groups -OCH3 is 1. The topological polar surface area (TPSA) is 64.6 Å². The van der Waals surface area contributed by atoms with Crippen LogP contribution < -0.4 is 10.1 Å². The number of nitrogens with one attached hydrogen (secondary N) is 1. The van der Waals surface area contributed by atoms with Crippen LogP contribution >= 0.6 is 0 Å². The lowest BCUT2D eigenvalue weighted by atomic mass is 10.1. The van der Waals surface area contributed by atoms with Gasteiger partial charge in [-0.3, -0.25) is 10.1 Å². The second-order valence-electron chi connectivity index (χ2n) is 5.12. The molecule has 0 aliphatic heterocycles. The summed E-state index contributed by atoms with van der Waals surface area (Å²) in [6.45, 7) is 7.14. The van der Waals surface area contributed by atoms with E-state index in [0.717, 1.165) is 5.56 Å². The van der Waals surface area contributed by atoms with Gasteiger partial charge in [0.25, 0.3) is 0 Å². The van der Waals surface area contributed by atoms with E-state index >= 15 is 0 Å². The summed E-state index contributed by atoms with van der Waals surface area (Å²) in [5.74, 6) is 0.334. The van der Waals surface area contributed by atoms with E-state index in [2.05, 4.69) is 5.32 Å². The van der Waals surface area contributed by atoms with Crippen molar-refractivity contribution in [2.75, 3.05) is 12.4 Å². The smallest absolute Gasteiger partial charge is 0.412 e. The number of aryl methyl sites for hydroxylation is 1. The minimum Gasteiger partial charge on any atom is -0.494 e. The fourth-order valence-electron chi connectivity index (χ4n) is 1.57. The summed E-state index contributed by atoms with van der Waals surface area (Å²) in [6.07, 6.45) is 0.0930. The summed E-state index contributed by atoms with van der Waals surface area (Å²) in [7, 11) is 1.45. The maximum absolute atomic E-state index is 11.8. The second kappa shape index (κ2) is 5.73. The molecule has 0 saturated carbocycles. The van der Waals surface area contributed by atoms with E-state index in [4.69, 9.17) is 9.47 Å². The Bertz CT molecular complexity index is 489. The number of ether oxygens (including phenoxy) is 2. The molecule has 0 aliphatic rings. The van der Waals surface area contributed by atoms with Gasteiger partial charge in [0.1, 0.15) is 5.60 Å². The fraction of sp³-hybridized carbons (Fsp3) is 0.429. The average molecular weight is 265 g/mol. The molecule has 0 radical (unpaired) electrons. The lowest BCUT2D eigenvalue weighted by Crippen LogP contribution is -2.27. The zero-order valence-electron chi connectivity index (χ0n) is 11.9. The molecular formula is C14H19NO4. The molecule has 0 heterocycles. The van der Waals surface area contributed by atoms with E-state index < -0.39 is 11.7 Å². The molecule has 1 amide bonds. The van der Waals surface area contributed by atoms with Gasteiger partial charge in [-0.2, -0.15) is 0 Å². The molecule has 0 aromatic heterocycles. The standard InChI is InChI=1S/C14H19NO4/c1-9-6-7-10(8-16)12(18-5)11(9)15-13(17)19-14(2,3)4/h6-8H,1-5H3,(H,15,17). The highest BCUT2D eigenvalue weighted by Crippen LogP contribution is 2.31. The molecule has 5 nitrogen and oxygen atoms in total. The van der Waals surface area contributed by atoms with Crippen molar-refractivity contribution in [3.63, 3.8) is 0 Å². The summed E-state index contributed by atoms with van der Waals surface area (Å²) >= 11 is 0. The van der Waals surface area contributed by atoms with Crippen LogP contribution in [0.1, 0.15) is 36.7 Å². The van der Waals surface area contributed by atoms with Crippen LogP contribution in [0.15, 0.2) is 12.1 Å². The van der Waals surface area contributed by atoms with Crippen LogP contribution in [0.4, 0.5) is 10.5 Å². The van der Waals surface area contributed by atoms with Crippen LogP contribution in [-0.4, -0.2) is 25.1 Å². The highest BCUT2D eigenvalue weighted by molar-refractivity contribution is 5.92. The number of rotatable bonds is 3. The Hall–Kier alpha value is -2.04. The number of carbonyl (C=O) groups excluding carboxylic acids is 2. The first kappa shape index (κ1) is 15.0. The van der Waals surface area contributed by atoms with E-state index in [1.54, 1.807) is 32.9 Å². The van der Waals surface area contributed by atoms with Gasteiger partial charge in [-0.15, -0.1) is 0 Å². The van der Waals surface area contributed by atoms with Crippen LogP contribution in [0.2, 0.25) is 0 Å². The van der Waals surface area contributed by atoms with E-state index in [-0.39, 0.29) is 0 Å². The number of hydrogen-bond acceptors (Lipinski definition) is 4. The van der Waals surface area contributed by atoms with Gasteiger partial charge in [-0.25, -0.2) is 4.79 Å². The highest BCUT2D eigenvalue weighted by atomic mass is 16.6. The minimum absolute atomic E-state index is 0.334. The third kappa shape index (κ3) is 3.98. The van der Waals surface area contributed by atoms with Gasteiger partial charge in [-0.05, 0) is 39.3 Å². The van der Waals surface area contributed by atoms with Crippen molar-refractivity contribution in [1.29, 1.82) is 0 Å². The van der Waals surface area contributed by atoms with E-state index in [9.17, 15) is 9.59 Å². The van der Waals surface area contributed by atoms with Gasteiger partial charge in [0.05, 0.1) is 18.4 Å². The lowest BCUT2D eigenvalue weighted by Gasteiger charge is -2.21. The first-order chi connectivity index (χ1) is 8.78.